The van der Waals surface area contributed by atoms with Crippen LogP contribution in [0, 0.1) is 6.92 Å². The number of ketones is 1. The number of benzene rings is 2. The van der Waals surface area contributed by atoms with Crippen LogP contribution in [0.1, 0.15) is 44.4 Å². The van der Waals surface area contributed by atoms with E-state index >= 15 is 0 Å². The topological polar surface area (TPSA) is 130 Å². The summed E-state index contributed by atoms with van der Waals surface area (Å²) in [6, 6.07) is 13.4. The number of para-hydroxylation sites is 1. The summed E-state index contributed by atoms with van der Waals surface area (Å²) in [4.78, 5) is 45.1. The number of fused-ring (bicyclic) bond motifs is 1. The van der Waals surface area contributed by atoms with Crippen molar-refractivity contribution >= 4 is 45.1 Å². The molecule has 2 N–H and O–H groups in total. The molecule has 1 unspecified atom stereocenters. The smallest absolute Gasteiger partial charge is 0.350 e. The van der Waals surface area contributed by atoms with Crippen molar-refractivity contribution in [1.82, 2.24) is 4.98 Å². The molecule has 9 nitrogen and oxygen atoms in total. The molecule has 1 atom stereocenters. The van der Waals surface area contributed by atoms with Gasteiger partial charge in [-0.15, -0.1) is 0 Å². The Kier molecular flexibility index (Phi) is 5.81. The van der Waals surface area contributed by atoms with E-state index < -0.39 is 29.5 Å². The largest absolute Gasteiger partial charge is 0.508 e. The van der Waals surface area contributed by atoms with Crippen molar-refractivity contribution in [3.63, 3.8) is 0 Å². The Hall–Kier alpha value is -4.44. The van der Waals surface area contributed by atoms with Crippen molar-refractivity contribution in [2.75, 3.05) is 11.5 Å². The van der Waals surface area contributed by atoms with Gasteiger partial charge < -0.3 is 19.4 Å². The van der Waals surface area contributed by atoms with Crippen molar-refractivity contribution in [2.45, 2.75) is 19.9 Å². The lowest BCUT2D eigenvalue weighted by Crippen LogP contribution is -2.31. The molecule has 2 aromatic heterocycles. The number of amides is 1. The number of Topliss-reactive ketones (excluding diaryl/α,β-unsaturated/α-hetero) is 1. The monoisotopic (exact) mass is 504 g/mol. The Morgan fingerprint density at radius 3 is 2.56 bits per heavy atom. The normalized spacial score (nSPS) is 15.7. The molecule has 3 heterocycles. The molecule has 1 amide bonds. The average Bonchev–Trinajstić information content (AvgIpc) is 3.53. The molecule has 4 aromatic rings. The quantitative estimate of drug-likeness (QED) is 0.281. The van der Waals surface area contributed by atoms with Gasteiger partial charge in [0.05, 0.1) is 23.9 Å². The maximum atomic E-state index is 13.6. The van der Waals surface area contributed by atoms with E-state index in [1.165, 1.54) is 24.3 Å². The van der Waals surface area contributed by atoms with E-state index in [2.05, 4.69) is 4.98 Å². The van der Waals surface area contributed by atoms with Crippen LogP contribution in [-0.2, 0) is 9.53 Å². The van der Waals surface area contributed by atoms with Crippen LogP contribution in [0.4, 0.5) is 5.13 Å². The van der Waals surface area contributed by atoms with Crippen molar-refractivity contribution in [1.29, 1.82) is 0 Å². The van der Waals surface area contributed by atoms with Gasteiger partial charge in [0.1, 0.15) is 16.2 Å². The number of anilines is 1. The van der Waals surface area contributed by atoms with Gasteiger partial charge >= 0.3 is 5.97 Å². The zero-order valence-corrected chi connectivity index (χ0v) is 20.0. The van der Waals surface area contributed by atoms with Crippen molar-refractivity contribution in [3.05, 3.63) is 87.8 Å². The number of aliphatic hydroxyl groups excluding tert-OH is 1. The van der Waals surface area contributed by atoms with Gasteiger partial charge in [0, 0.05) is 5.39 Å². The number of nitrogens with zero attached hydrogens (tertiary/aromatic N) is 2. The number of ether oxygens (including phenoxy) is 1. The van der Waals surface area contributed by atoms with Gasteiger partial charge in [-0.1, -0.05) is 41.7 Å². The third-order valence-corrected chi connectivity index (χ3v) is 6.90. The number of thiazole rings is 1. The van der Waals surface area contributed by atoms with Crippen LogP contribution in [0.25, 0.3) is 11.0 Å². The minimum absolute atomic E-state index is 0.0114. The Bertz CT molecular complexity index is 1520. The highest BCUT2D eigenvalue weighted by molar-refractivity contribution is 7.17. The fourth-order valence-electron chi connectivity index (χ4n) is 4.10. The molecule has 0 bridgehead atoms. The number of phenols is 1. The van der Waals surface area contributed by atoms with Gasteiger partial charge in [-0.05, 0) is 43.7 Å². The first kappa shape index (κ1) is 23.3. The van der Waals surface area contributed by atoms with Crippen LogP contribution < -0.4 is 4.90 Å². The summed E-state index contributed by atoms with van der Waals surface area (Å²) in [6.07, 6.45) is 0. The highest BCUT2D eigenvalue weighted by atomic mass is 32.1. The summed E-state index contributed by atoms with van der Waals surface area (Å²) < 4.78 is 10.8. The Balaban J connectivity index is 1.63. The third kappa shape index (κ3) is 3.81. The first-order chi connectivity index (χ1) is 17.3. The Morgan fingerprint density at radius 2 is 1.86 bits per heavy atom. The number of aryl methyl sites for hydroxylation is 1. The van der Waals surface area contributed by atoms with Crippen LogP contribution in [0.15, 0.2) is 70.3 Å². The summed E-state index contributed by atoms with van der Waals surface area (Å²) in [5, 5.41) is 21.5. The van der Waals surface area contributed by atoms with Crippen molar-refractivity contribution in [2.24, 2.45) is 0 Å². The number of aromatic nitrogens is 1. The van der Waals surface area contributed by atoms with Gasteiger partial charge in [-0.3, -0.25) is 14.5 Å². The molecular weight excluding hydrogens is 484 g/mol. The van der Waals surface area contributed by atoms with E-state index in [0.717, 1.165) is 16.2 Å². The van der Waals surface area contributed by atoms with Gasteiger partial charge in [0.25, 0.3) is 5.91 Å². The molecule has 2 aromatic carbocycles. The number of hydrogen-bond acceptors (Lipinski definition) is 9. The Labute approximate surface area is 208 Å². The summed E-state index contributed by atoms with van der Waals surface area (Å²) >= 11 is 0.923. The summed E-state index contributed by atoms with van der Waals surface area (Å²) in [5.74, 6) is -2.90. The molecule has 182 valence electrons. The lowest BCUT2D eigenvalue weighted by molar-refractivity contribution is -0.117. The fourth-order valence-corrected chi connectivity index (χ4v) is 5.09. The molecule has 0 saturated carbocycles. The second kappa shape index (κ2) is 8.97. The second-order valence-corrected chi connectivity index (χ2v) is 9.02. The highest BCUT2D eigenvalue weighted by Crippen LogP contribution is 2.44. The molecule has 1 aliphatic heterocycles. The molecule has 36 heavy (non-hydrogen) atoms. The van der Waals surface area contributed by atoms with Crippen LogP contribution in [0.2, 0.25) is 0 Å². The lowest BCUT2D eigenvalue weighted by Gasteiger charge is -2.24. The summed E-state index contributed by atoms with van der Waals surface area (Å²) in [5.41, 5.74) is 1.07. The number of esters is 1. The van der Waals surface area contributed by atoms with Gasteiger partial charge in [-0.25, -0.2) is 9.78 Å². The third-order valence-electron chi connectivity index (χ3n) is 5.76. The summed E-state index contributed by atoms with van der Waals surface area (Å²) in [6.45, 7) is 3.46. The molecule has 1 aliphatic rings. The number of aromatic hydroxyl groups is 1. The summed E-state index contributed by atoms with van der Waals surface area (Å²) in [7, 11) is 0. The van der Waals surface area contributed by atoms with Crippen LogP contribution in [0.5, 0.6) is 5.75 Å². The van der Waals surface area contributed by atoms with Crippen LogP contribution in [-0.4, -0.2) is 39.5 Å². The fraction of sp³-hybridized carbons (Fsp3) is 0.154. The predicted molar refractivity (Wildman–Crippen MR) is 131 cm³/mol. The van der Waals surface area contributed by atoms with Crippen molar-refractivity contribution in [3.8, 4) is 5.75 Å². The molecule has 5 rings (SSSR count). The van der Waals surface area contributed by atoms with E-state index in [4.69, 9.17) is 9.15 Å². The zero-order valence-electron chi connectivity index (χ0n) is 19.2. The van der Waals surface area contributed by atoms with E-state index in [1.807, 2.05) is 0 Å². The molecule has 0 fully saturated rings. The lowest BCUT2D eigenvalue weighted by atomic mass is 9.95. The van der Waals surface area contributed by atoms with E-state index in [1.54, 1.807) is 44.2 Å². The molecule has 0 spiro atoms. The van der Waals surface area contributed by atoms with E-state index in [0.29, 0.717) is 22.2 Å². The number of rotatable bonds is 6. The Morgan fingerprint density at radius 1 is 1.14 bits per heavy atom. The first-order valence-corrected chi connectivity index (χ1v) is 11.8. The highest BCUT2D eigenvalue weighted by Gasteiger charge is 2.47. The minimum atomic E-state index is -1.08. The minimum Gasteiger partial charge on any atom is -0.508 e. The second-order valence-electron chi connectivity index (χ2n) is 8.04. The SMILES string of the molecule is CCOC(=O)c1sc(N2C(=O)C(O)=C(C(=O)c3cc4ccccc4o3)C2c2ccc(O)cc2)nc1C. The number of carbonyl (C=O) groups is 3. The van der Waals surface area contributed by atoms with E-state index in [9.17, 15) is 24.6 Å². The van der Waals surface area contributed by atoms with E-state index in [-0.39, 0.29) is 33.7 Å². The van der Waals surface area contributed by atoms with Gasteiger partial charge in [0.15, 0.2) is 16.7 Å². The maximum absolute atomic E-state index is 13.6. The number of furan rings is 1. The number of aliphatic hydroxyl groups is 1. The number of carbonyl (C=O) groups excluding carboxylic acids is 3. The molecule has 10 heteroatoms. The number of phenolic OH excluding ortho intramolecular Hbond substituents is 1. The first-order valence-electron chi connectivity index (χ1n) is 11.0. The number of hydrogen-bond donors (Lipinski definition) is 2. The standard InChI is InChI=1S/C26H20N2O7S/c1-3-34-25(33)23-13(2)27-26(36-23)28-20(14-8-10-16(29)11-9-14)19(22(31)24(28)32)21(30)18-12-15-6-4-5-7-17(15)35-18/h4-12,20,29,31H,3H2,1-2H3. The molecule has 0 aliphatic carbocycles. The van der Waals surface area contributed by atoms with Crippen molar-refractivity contribution < 1.29 is 33.8 Å². The zero-order chi connectivity index (χ0) is 25.6. The van der Waals surface area contributed by atoms with Gasteiger partial charge in [0.2, 0.25) is 5.78 Å². The molecule has 0 radical (unpaired) electrons. The predicted octanol–water partition coefficient (Wildman–Crippen LogP) is 4.86. The van der Waals surface area contributed by atoms with Gasteiger partial charge in [-0.2, -0.15) is 0 Å². The van der Waals surface area contributed by atoms with Crippen LogP contribution in [0.3, 0.4) is 0 Å². The maximum Gasteiger partial charge on any atom is 0.350 e. The molecular formula is C26H20N2O7S. The molecule has 0 saturated heterocycles. The van der Waals surface area contributed by atoms with Crippen LogP contribution >= 0.6 is 11.3 Å². The average molecular weight is 505 g/mol.